The summed E-state index contributed by atoms with van der Waals surface area (Å²) in [4.78, 5) is 13.9. The Balaban J connectivity index is 1.57. The maximum Gasteiger partial charge on any atom is 0.255 e. The molecular weight excluding hydrogens is 354 g/mol. The Morgan fingerprint density at radius 3 is 2.44 bits per heavy atom. The average Bonchev–Trinajstić information content (AvgIpc) is 2.94. The van der Waals surface area contributed by atoms with Crippen molar-refractivity contribution < 1.29 is 4.79 Å². The molecule has 3 rings (SSSR count). The van der Waals surface area contributed by atoms with E-state index in [1.807, 2.05) is 36.7 Å². The summed E-state index contributed by atoms with van der Waals surface area (Å²) in [6.45, 7) is 7.23. The zero-order chi connectivity index (χ0) is 19.2. The lowest BCUT2D eigenvalue weighted by Gasteiger charge is -2.07. The number of benzene rings is 2. The van der Waals surface area contributed by atoms with Gasteiger partial charge in [-0.3, -0.25) is 9.48 Å². The maximum absolute atomic E-state index is 12.6. The van der Waals surface area contributed by atoms with Gasteiger partial charge in [0.1, 0.15) is 0 Å². The van der Waals surface area contributed by atoms with Gasteiger partial charge in [0.25, 0.3) is 5.91 Å². The Kier molecular flexibility index (Phi) is 6.35. The summed E-state index contributed by atoms with van der Waals surface area (Å²) in [7, 11) is 0. The third kappa shape index (κ3) is 5.01. The lowest BCUT2D eigenvalue weighted by atomic mass is 10.2. The highest BCUT2D eigenvalue weighted by Crippen LogP contribution is 2.18. The van der Waals surface area contributed by atoms with Gasteiger partial charge in [-0.15, -0.1) is 11.8 Å². The molecule has 1 heterocycles. The van der Waals surface area contributed by atoms with Crippen molar-refractivity contribution in [2.24, 2.45) is 0 Å². The molecule has 2 aromatic carbocycles. The van der Waals surface area contributed by atoms with Crippen LogP contribution in [0.5, 0.6) is 0 Å². The normalized spacial score (nSPS) is 10.8. The van der Waals surface area contributed by atoms with E-state index in [9.17, 15) is 4.79 Å². The minimum Gasteiger partial charge on any atom is -0.351 e. The molecule has 0 spiro atoms. The summed E-state index contributed by atoms with van der Waals surface area (Å²) < 4.78 is 1.90. The first-order valence-corrected chi connectivity index (χ1v) is 10.1. The minimum atomic E-state index is -0.0474. The summed E-state index contributed by atoms with van der Waals surface area (Å²) in [6.07, 6.45) is 0. The molecule has 0 radical (unpaired) electrons. The molecule has 140 valence electrons. The number of hydrogen-bond acceptors (Lipinski definition) is 3. The zero-order valence-electron chi connectivity index (χ0n) is 16.0. The number of aromatic nitrogens is 2. The molecule has 1 amide bonds. The number of nitrogens with one attached hydrogen (secondary N) is 1. The number of nitrogens with zero attached hydrogens (tertiary/aromatic N) is 2. The number of thioether (sulfide) groups is 1. The molecule has 0 aliphatic rings. The lowest BCUT2D eigenvalue weighted by Crippen LogP contribution is -2.26. The standard InChI is InChI=1S/C22H25N3OS/c1-16-9-11-20(12-10-16)27-14-13-23-22(26)21-17(2)24-25(18(21)3)15-19-7-5-4-6-8-19/h4-12H,13-15H2,1-3H3,(H,23,26). The SMILES string of the molecule is Cc1ccc(SCCNC(=O)c2c(C)nn(Cc3ccccc3)c2C)cc1. The van der Waals surface area contributed by atoms with Crippen molar-refractivity contribution >= 4 is 17.7 Å². The molecule has 3 aromatic rings. The highest BCUT2D eigenvalue weighted by atomic mass is 32.2. The maximum atomic E-state index is 12.6. The average molecular weight is 380 g/mol. The van der Waals surface area contributed by atoms with Crippen molar-refractivity contribution in [3.8, 4) is 0 Å². The smallest absolute Gasteiger partial charge is 0.255 e. The fourth-order valence-electron chi connectivity index (χ4n) is 2.99. The van der Waals surface area contributed by atoms with Crippen LogP contribution in [0.4, 0.5) is 0 Å². The number of amides is 1. The van der Waals surface area contributed by atoms with E-state index in [1.54, 1.807) is 11.8 Å². The zero-order valence-corrected chi connectivity index (χ0v) is 16.8. The van der Waals surface area contributed by atoms with E-state index in [4.69, 9.17) is 0 Å². The van der Waals surface area contributed by atoms with Gasteiger partial charge in [-0.05, 0) is 38.5 Å². The number of rotatable bonds is 7. The molecule has 5 heteroatoms. The Morgan fingerprint density at radius 2 is 1.74 bits per heavy atom. The van der Waals surface area contributed by atoms with Crippen LogP contribution in [-0.2, 0) is 6.54 Å². The number of carbonyl (C=O) groups is 1. The predicted octanol–water partition coefficient (Wildman–Crippen LogP) is 4.38. The van der Waals surface area contributed by atoms with Crippen LogP contribution in [0, 0.1) is 20.8 Å². The van der Waals surface area contributed by atoms with Crippen molar-refractivity contribution in [1.29, 1.82) is 0 Å². The second-order valence-corrected chi connectivity index (χ2v) is 7.77. The van der Waals surface area contributed by atoms with E-state index >= 15 is 0 Å². The van der Waals surface area contributed by atoms with E-state index in [2.05, 4.69) is 53.7 Å². The van der Waals surface area contributed by atoms with Crippen LogP contribution in [0.3, 0.4) is 0 Å². The van der Waals surface area contributed by atoms with Crippen LogP contribution in [-0.4, -0.2) is 28.0 Å². The molecular formula is C22H25N3OS. The van der Waals surface area contributed by atoms with E-state index in [1.165, 1.54) is 16.0 Å². The van der Waals surface area contributed by atoms with Crippen molar-refractivity contribution in [3.63, 3.8) is 0 Å². The molecule has 0 atom stereocenters. The fraction of sp³-hybridized carbons (Fsp3) is 0.273. The van der Waals surface area contributed by atoms with Crippen LogP contribution in [0.15, 0.2) is 59.5 Å². The van der Waals surface area contributed by atoms with Gasteiger partial charge in [0.15, 0.2) is 0 Å². The lowest BCUT2D eigenvalue weighted by molar-refractivity contribution is 0.0955. The first kappa shape index (κ1) is 19.2. The van der Waals surface area contributed by atoms with Crippen LogP contribution in [0.2, 0.25) is 0 Å². The predicted molar refractivity (Wildman–Crippen MR) is 111 cm³/mol. The summed E-state index contributed by atoms with van der Waals surface area (Å²) in [5, 5.41) is 7.59. The third-order valence-electron chi connectivity index (χ3n) is 4.46. The molecule has 1 N–H and O–H groups in total. The van der Waals surface area contributed by atoms with Crippen LogP contribution in [0.1, 0.15) is 32.9 Å². The molecule has 0 bridgehead atoms. The fourth-order valence-corrected chi connectivity index (χ4v) is 3.76. The third-order valence-corrected chi connectivity index (χ3v) is 5.47. The summed E-state index contributed by atoms with van der Waals surface area (Å²) in [5.74, 6) is 0.791. The Bertz CT molecular complexity index is 901. The number of carbonyl (C=O) groups excluding carboxylic acids is 1. The van der Waals surface area contributed by atoms with Gasteiger partial charge < -0.3 is 5.32 Å². The van der Waals surface area contributed by atoms with E-state index in [0.717, 1.165) is 17.1 Å². The monoisotopic (exact) mass is 379 g/mol. The Morgan fingerprint density at radius 1 is 1.04 bits per heavy atom. The van der Waals surface area contributed by atoms with Crippen LogP contribution in [0.25, 0.3) is 0 Å². The quantitative estimate of drug-likeness (QED) is 0.489. The van der Waals surface area contributed by atoms with Gasteiger partial charge in [0, 0.05) is 22.9 Å². The van der Waals surface area contributed by atoms with Crippen molar-refractivity contribution in [3.05, 3.63) is 82.7 Å². The van der Waals surface area contributed by atoms with E-state index in [-0.39, 0.29) is 5.91 Å². The minimum absolute atomic E-state index is 0.0474. The first-order chi connectivity index (χ1) is 13.0. The van der Waals surface area contributed by atoms with Gasteiger partial charge >= 0.3 is 0 Å². The van der Waals surface area contributed by atoms with Gasteiger partial charge in [-0.1, -0.05) is 48.0 Å². The number of hydrogen-bond donors (Lipinski definition) is 1. The van der Waals surface area contributed by atoms with Crippen molar-refractivity contribution in [2.45, 2.75) is 32.2 Å². The summed E-state index contributed by atoms with van der Waals surface area (Å²) >= 11 is 1.75. The molecule has 0 saturated heterocycles. The molecule has 27 heavy (non-hydrogen) atoms. The molecule has 1 aromatic heterocycles. The first-order valence-electron chi connectivity index (χ1n) is 9.10. The van der Waals surface area contributed by atoms with Crippen molar-refractivity contribution in [2.75, 3.05) is 12.3 Å². The van der Waals surface area contributed by atoms with Crippen LogP contribution < -0.4 is 5.32 Å². The largest absolute Gasteiger partial charge is 0.351 e. The molecule has 0 saturated carbocycles. The van der Waals surface area contributed by atoms with Crippen molar-refractivity contribution in [1.82, 2.24) is 15.1 Å². The second kappa shape index (κ2) is 8.91. The Labute approximate surface area is 165 Å². The Hall–Kier alpha value is -2.53. The summed E-state index contributed by atoms with van der Waals surface area (Å²) in [6, 6.07) is 18.6. The topological polar surface area (TPSA) is 46.9 Å². The molecule has 0 unspecified atom stereocenters. The highest BCUT2D eigenvalue weighted by molar-refractivity contribution is 7.99. The molecule has 0 fully saturated rings. The van der Waals surface area contributed by atoms with Gasteiger partial charge in [0.05, 0.1) is 17.8 Å². The van der Waals surface area contributed by atoms with E-state index in [0.29, 0.717) is 18.7 Å². The van der Waals surface area contributed by atoms with E-state index < -0.39 is 0 Å². The molecule has 0 aliphatic carbocycles. The second-order valence-electron chi connectivity index (χ2n) is 6.61. The molecule has 4 nitrogen and oxygen atoms in total. The number of aryl methyl sites for hydroxylation is 2. The highest BCUT2D eigenvalue weighted by Gasteiger charge is 2.18. The van der Waals surface area contributed by atoms with Gasteiger partial charge in [0.2, 0.25) is 0 Å². The van der Waals surface area contributed by atoms with Gasteiger partial charge in [-0.25, -0.2) is 0 Å². The summed E-state index contributed by atoms with van der Waals surface area (Å²) in [5.41, 5.74) is 4.79. The molecule has 0 aliphatic heterocycles. The van der Waals surface area contributed by atoms with Crippen LogP contribution >= 0.6 is 11.8 Å². The van der Waals surface area contributed by atoms with Gasteiger partial charge in [-0.2, -0.15) is 5.10 Å².